The number of aliphatic hydroxyl groups is 1. The second kappa shape index (κ2) is 12.9. The van der Waals surface area contributed by atoms with E-state index in [0.717, 1.165) is 112 Å². The van der Waals surface area contributed by atoms with E-state index in [2.05, 4.69) is 33.8 Å². The highest BCUT2D eigenvalue weighted by molar-refractivity contribution is 5.96. The topological polar surface area (TPSA) is 97.8 Å². The van der Waals surface area contributed by atoms with E-state index in [4.69, 9.17) is 14.7 Å². The van der Waals surface area contributed by atoms with Crippen LogP contribution < -0.4 is 0 Å². The zero-order valence-corrected chi connectivity index (χ0v) is 27.4. The SMILES string of the molecule is Cc1cc(-c2cnc3[nH]cc(-c4ccc(C(=O)N(C)CC5CCOC5)cc4)c3n2)cc2c1CCN(CCN1CCC(C)(O)CC1)C2. The van der Waals surface area contributed by atoms with Gasteiger partial charge in [0.25, 0.3) is 5.91 Å². The van der Waals surface area contributed by atoms with Crippen molar-refractivity contribution < 1.29 is 14.6 Å². The number of benzene rings is 2. The summed E-state index contributed by atoms with van der Waals surface area (Å²) in [5, 5.41) is 10.3. The maximum absolute atomic E-state index is 13.1. The Hall–Kier alpha value is -3.63. The van der Waals surface area contributed by atoms with E-state index in [1.807, 2.05) is 50.6 Å². The Balaban J connectivity index is 1.06. The molecule has 46 heavy (non-hydrogen) atoms. The monoisotopic (exact) mass is 622 g/mol. The first-order valence-corrected chi connectivity index (χ1v) is 16.8. The van der Waals surface area contributed by atoms with Crippen molar-refractivity contribution in [1.29, 1.82) is 0 Å². The van der Waals surface area contributed by atoms with E-state index in [-0.39, 0.29) is 5.91 Å². The number of hydrogen-bond acceptors (Lipinski definition) is 7. The first-order valence-electron chi connectivity index (χ1n) is 16.8. The normalized spacial score (nSPS) is 20.2. The zero-order chi connectivity index (χ0) is 31.8. The van der Waals surface area contributed by atoms with Crippen LogP contribution in [-0.4, -0.2) is 106 Å². The van der Waals surface area contributed by atoms with Crippen molar-refractivity contribution in [2.24, 2.45) is 5.92 Å². The van der Waals surface area contributed by atoms with Gasteiger partial charge in [-0.2, -0.15) is 0 Å². The molecule has 0 aliphatic carbocycles. The molecule has 9 nitrogen and oxygen atoms in total. The number of aromatic amines is 1. The largest absolute Gasteiger partial charge is 0.390 e. The molecule has 2 fully saturated rings. The summed E-state index contributed by atoms with van der Waals surface area (Å²) in [5.41, 5.74) is 9.82. The number of H-pyrrole nitrogens is 1. The number of amides is 1. The fraction of sp³-hybridized carbons (Fsp3) is 0.486. The molecule has 0 saturated carbocycles. The highest BCUT2D eigenvalue weighted by Gasteiger charge is 2.28. The number of nitrogens with zero attached hydrogens (tertiary/aromatic N) is 5. The van der Waals surface area contributed by atoms with Crippen LogP contribution in [0.5, 0.6) is 0 Å². The molecule has 2 aromatic carbocycles. The van der Waals surface area contributed by atoms with Gasteiger partial charge in [0.2, 0.25) is 0 Å². The third-order valence-electron chi connectivity index (χ3n) is 10.3. The van der Waals surface area contributed by atoms with Crippen LogP contribution in [0.15, 0.2) is 48.8 Å². The summed E-state index contributed by atoms with van der Waals surface area (Å²) in [6, 6.07) is 12.4. The van der Waals surface area contributed by atoms with Crippen LogP contribution in [0.3, 0.4) is 0 Å². The summed E-state index contributed by atoms with van der Waals surface area (Å²) < 4.78 is 5.48. The second-order valence-corrected chi connectivity index (χ2v) is 13.9. The summed E-state index contributed by atoms with van der Waals surface area (Å²) in [7, 11) is 1.87. The van der Waals surface area contributed by atoms with Gasteiger partial charge in [-0.1, -0.05) is 12.1 Å². The van der Waals surface area contributed by atoms with Crippen LogP contribution in [-0.2, 0) is 17.7 Å². The Kier molecular flexibility index (Phi) is 8.67. The second-order valence-electron chi connectivity index (χ2n) is 13.9. The zero-order valence-electron chi connectivity index (χ0n) is 27.4. The lowest BCUT2D eigenvalue weighted by Gasteiger charge is -2.37. The molecule has 0 spiro atoms. The number of aryl methyl sites for hydroxylation is 1. The number of rotatable bonds is 8. The molecule has 5 heterocycles. The molecular formula is C37H46N6O3. The third-order valence-corrected chi connectivity index (χ3v) is 10.3. The minimum Gasteiger partial charge on any atom is -0.390 e. The molecule has 1 atom stereocenters. The van der Waals surface area contributed by atoms with Crippen LogP contribution in [0, 0.1) is 12.8 Å². The maximum atomic E-state index is 13.1. The Morgan fingerprint density at radius 1 is 1.11 bits per heavy atom. The predicted octanol–water partition coefficient (Wildman–Crippen LogP) is 4.91. The smallest absolute Gasteiger partial charge is 0.253 e. The average Bonchev–Trinajstić information content (AvgIpc) is 3.73. The first kappa shape index (κ1) is 31.0. The Bertz CT molecular complexity index is 1700. The summed E-state index contributed by atoms with van der Waals surface area (Å²) in [6.45, 7) is 12.4. The number of fused-ring (bicyclic) bond motifs is 2. The standard InChI is InChI=1S/C37H46N6O3/c1-25-18-29(19-30-23-43(12-8-31(25)30)16-15-42-13-10-37(2,45)11-14-42)33-21-39-35-34(40-33)32(20-38-35)27-4-6-28(7-5-27)36(44)41(3)22-26-9-17-46-24-26/h4-7,18-21,26,45H,8-17,22-24H2,1-3H3,(H,38,39). The van der Waals surface area contributed by atoms with Crippen molar-refractivity contribution in [2.75, 3.05) is 59.5 Å². The molecule has 9 heteroatoms. The summed E-state index contributed by atoms with van der Waals surface area (Å²) >= 11 is 0. The number of aromatic nitrogens is 3. The average molecular weight is 623 g/mol. The Labute approximate surface area is 271 Å². The van der Waals surface area contributed by atoms with Crippen LogP contribution in [0.25, 0.3) is 33.5 Å². The van der Waals surface area contributed by atoms with Gasteiger partial charge >= 0.3 is 0 Å². The fourth-order valence-corrected chi connectivity index (χ4v) is 7.32. The van der Waals surface area contributed by atoms with E-state index in [1.54, 1.807) is 4.90 Å². The summed E-state index contributed by atoms with van der Waals surface area (Å²) in [5.74, 6) is 0.441. The van der Waals surface area contributed by atoms with Gasteiger partial charge in [-0.05, 0) is 86.1 Å². The molecule has 3 aliphatic heterocycles. The number of hydrogen-bond donors (Lipinski definition) is 2. The lowest BCUT2D eigenvalue weighted by molar-refractivity contribution is -0.00730. The number of piperidine rings is 1. The number of carbonyl (C=O) groups excluding carboxylic acids is 1. The van der Waals surface area contributed by atoms with Crippen LogP contribution in [0.2, 0.25) is 0 Å². The van der Waals surface area contributed by atoms with Crippen LogP contribution in [0.4, 0.5) is 0 Å². The Morgan fingerprint density at radius 2 is 1.89 bits per heavy atom. The molecule has 0 bridgehead atoms. The van der Waals surface area contributed by atoms with Crippen molar-refractivity contribution in [3.63, 3.8) is 0 Å². The van der Waals surface area contributed by atoms with Crippen LogP contribution >= 0.6 is 0 Å². The molecular weight excluding hydrogens is 576 g/mol. The van der Waals surface area contributed by atoms with E-state index in [9.17, 15) is 9.90 Å². The number of likely N-dealkylation sites (tertiary alicyclic amines) is 1. The van der Waals surface area contributed by atoms with Gasteiger partial charge in [0.1, 0.15) is 5.52 Å². The van der Waals surface area contributed by atoms with E-state index in [1.165, 1.54) is 16.7 Å². The quantitative estimate of drug-likeness (QED) is 0.288. The van der Waals surface area contributed by atoms with Crippen molar-refractivity contribution in [3.8, 4) is 22.4 Å². The van der Waals surface area contributed by atoms with Crippen molar-refractivity contribution in [3.05, 3.63) is 71.0 Å². The minimum absolute atomic E-state index is 0.0292. The van der Waals surface area contributed by atoms with Gasteiger partial charge in [-0.25, -0.2) is 9.97 Å². The fourth-order valence-electron chi connectivity index (χ4n) is 7.32. The van der Waals surface area contributed by atoms with Gasteiger partial charge in [-0.15, -0.1) is 0 Å². The van der Waals surface area contributed by atoms with E-state index >= 15 is 0 Å². The van der Waals surface area contributed by atoms with Crippen LogP contribution in [0.1, 0.15) is 53.2 Å². The number of carbonyl (C=O) groups is 1. The molecule has 2 N–H and O–H groups in total. The number of ether oxygens (including phenoxy) is 1. The summed E-state index contributed by atoms with van der Waals surface area (Å²) in [4.78, 5) is 33.1. The van der Waals surface area contributed by atoms with E-state index in [0.29, 0.717) is 18.0 Å². The third kappa shape index (κ3) is 6.60. The van der Waals surface area contributed by atoms with Gasteiger partial charge in [0, 0.05) is 88.3 Å². The Morgan fingerprint density at radius 3 is 2.65 bits per heavy atom. The van der Waals surface area contributed by atoms with Crippen molar-refractivity contribution >= 4 is 17.1 Å². The molecule has 1 unspecified atom stereocenters. The molecule has 4 aromatic rings. The molecule has 1 amide bonds. The van der Waals surface area contributed by atoms with Gasteiger partial charge < -0.3 is 24.6 Å². The van der Waals surface area contributed by atoms with Gasteiger partial charge in [-0.3, -0.25) is 9.69 Å². The molecule has 7 rings (SSSR count). The molecule has 0 radical (unpaired) electrons. The predicted molar refractivity (Wildman–Crippen MR) is 181 cm³/mol. The highest BCUT2D eigenvalue weighted by atomic mass is 16.5. The van der Waals surface area contributed by atoms with Gasteiger partial charge in [0.05, 0.1) is 24.1 Å². The minimum atomic E-state index is -0.505. The van der Waals surface area contributed by atoms with Crippen molar-refractivity contribution in [2.45, 2.75) is 51.7 Å². The lowest BCUT2D eigenvalue weighted by atomic mass is 9.92. The first-order chi connectivity index (χ1) is 22.2. The van der Waals surface area contributed by atoms with Crippen molar-refractivity contribution in [1.82, 2.24) is 29.7 Å². The molecule has 242 valence electrons. The highest BCUT2D eigenvalue weighted by Crippen LogP contribution is 2.32. The van der Waals surface area contributed by atoms with E-state index < -0.39 is 5.60 Å². The lowest BCUT2D eigenvalue weighted by Crippen LogP contribution is -2.45. The number of nitrogens with one attached hydrogen (secondary N) is 1. The molecule has 2 aromatic heterocycles. The molecule has 2 saturated heterocycles. The molecule has 3 aliphatic rings. The summed E-state index contributed by atoms with van der Waals surface area (Å²) in [6.07, 6.45) is 7.60. The van der Waals surface area contributed by atoms with Gasteiger partial charge in [0.15, 0.2) is 5.65 Å². The maximum Gasteiger partial charge on any atom is 0.253 e.